The molecule has 0 bridgehead atoms. The smallest absolute Gasteiger partial charge is 0.272 e. The molecule has 8 nitrogen and oxygen atoms in total. The second-order valence-corrected chi connectivity index (χ2v) is 4.93. The normalized spacial score (nSPS) is 11.8. The fourth-order valence-electron chi connectivity index (χ4n) is 2.21. The summed E-state index contributed by atoms with van der Waals surface area (Å²) in [5, 5.41) is 16.1. The van der Waals surface area contributed by atoms with Gasteiger partial charge in [0.15, 0.2) is 5.84 Å². The maximum atomic E-state index is 10.9. The van der Waals surface area contributed by atoms with E-state index in [1.807, 2.05) is 0 Å². The van der Waals surface area contributed by atoms with Crippen LogP contribution in [0.2, 0.25) is 0 Å². The molecule has 0 heterocycles. The average Bonchev–Trinajstić information content (AvgIpc) is 2.48. The highest BCUT2D eigenvalue weighted by molar-refractivity contribution is 5.98. The van der Waals surface area contributed by atoms with Crippen LogP contribution in [0.15, 0.2) is 23.3 Å². The molecule has 0 radical (unpaired) electrons. The Hall–Kier alpha value is -2.19. The highest BCUT2D eigenvalue weighted by Gasteiger charge is 2.16. The van der Waals surface area contributed by atoms with Gasteiger partial charge in [0.2, 0.25) is 0 Å². The first-order valence-electron chi connectivity index (χ1n) is 7.22. The largest absolute Gasteiger partial charge is 0.321 e. The molecule has 1 rings (SSSR count). The van der Waals surface area contributed by atoms with Crippen LogP contribution in [0.3, 0.4) is 0 Å². The summed E-state index contributed by atoms with van der Waals surface area (Å²) in [6.07, 6.45) is 0. The van der Waals surface area contributed by atoms with Crippen LogP contribution in [-0.4, -0.2) is 46.8 Å². The summed E-state index contributed by atoms with van der Waals surface area (Å²) in [6, 6.07) is 4.71. The SMILES string of the molecule is CCN(CC)CCN(N)/C(=N\N)c1ccc([N+](=O)[O-])c(C)c1. The van der Waals surface area contributed by atoms with E-state index in [1.54, 1.807) is 19.1 Å². The summed E-state index contributed by atoms with van der Waals surface area (Å²) in [5.74, 6) is 11.9. The minimum Gasteiger partial charge on any atom is -0.321 e. The summed E-state index contributed by atoms with van der Waals surface area (Å²) < 4.78 is 0. The van der Waals surface area contributed by atoms with Crippen molar-refractivity contribution in [3.05, 3.63) is 39.4 Å². The standard InChI is InChI=1S/C14H24N6O2/c1-4-18(5-2)8-9-19(16)14(17-15)12-6-7-13(20(21)22)11(3)10-12/h6-7,10H,4-5,8-9,15-16H2,1-3H3/b17-14-. The minimum absolute atomic E-state index is 0.0619. The molecule has 0 fully saturated rings. The molecule has 0 aromatic heterocycles. The number of amidine groups is 1. The number of nitro groups is 1. The number of likely N-dealkylation sites (N-methyl/N-ethyl adjacent to an activating group) is 1. The van der Waals surface area contributed by atoms with E-state index in [0.29, 0.717) is 23.5 Å². The number of nitro benzene ring substituents is 1. The third-order valence-corrected chi connectivity index (χ3v) is 3.60. The van der Waals surface area contributed by atoms with Gasteiger partial charge in [-0.3, -0.25) is 15.1 Å². The van der Waals surface area contributed by atoms with Crippen molar-refractivity contribution in [2.24, 2.45) is 16.8 Å². The van der Waals surface area contributed by atoms with Gasteiger partial charge in [-0.1, -0.05) is 13.8 Å². The molecule has 4 N–H and O–H groups in total. The molecule has 0 saturated carbocycles. The second-order valence-electron chi connectivity index (χ2n) is 4.93. The number of nitrogens with two attached hydrogens (primary N) is 2. The van der Waals surface area contributed by atoms with Crippen molar-refractivity contribution >= 4 is 11.5 Å². The molecule has 0 aliphatic heterocycles. The molecular weight excluding hydrogens is 284 g/mol. The molecule has 8 heteroatoms. The number of hydrogen-bond donors (Lipinski definition) is 2. The number of hydrazine groups is 1. The van der Waals surface area contributed by atoms with E-state index < -0.39 is 4.92 Å². The summed E-state index contributed by atoms with van der Waals surface area (Å²) in [5.41, 5.74) is 1.26. The van der Waals surface area contributed by atoms with Gasteiger partial charge in [-0.2, -0.15) is 5.10 Å². The summed E-state index contributed by atoms with van der Waals surface area (Å²) >= 11 is 0. The van der Waals surface area contributed by atoms with E-state index in [9.17, 15) is 10.1 Å². The van der Waals surface area contributed by atoms with Gasteiger partial charge in [-0.15, -0.1) is 0 Å². The second kappa shape index (κ2) is 8.30. The first-order valence-corrected chi connectivity index (χ1v) is 7.22. The van der Waals surface area contributed by atoms with Crippen molar-refractivity contribution in [3.8, 4) is 0 Å². The van der Waals surface area contributed by atoms with Gasteiger partial charge in [0.05, 0.1) is 4.92 Å². The predicted octanol–water partition coefficient (Wildman–Crippen LogP) is 1.04. The lowest BCUT2D eigenvalue weighted by Crippen LogP contribution is -2.44. The number of hydrogen-bond acceptors (Lipinski definition) is 6. The van der Waals surface area contributed by atoms with E-state index in [2.05, 4.69) is 23.8 Å². The maximum absolute atomic E-state index is 10.9. The Morgan fingerprint density at radius 1 is 1.32 bits per heavy atom. The first-order chi connectivity index (χ1) is 10.4. The predicted molar refractivity (Wildman–Crippen MR) is 87.2 cm³/mol. The van der Waals surface area contributed by atoms with Gasteiger partial charge in [-0.05, 0) is 32.1 Å². The number of benzene rings is 1. The van der Waals surface area contributed by atoms with Crippen molar-refractivity contribution in [1.29, 1.82) is 0 Å². The third kappa shape index (κ3) is 4.40. The van der Waals surface area contributed by atoms with Gasteiger partial charge >= 0.3 is 0 Å². The Bertz CT molecular complexity index is 542. The van der Waals surface area contributed by atoms with Crippen molar-refractivity contribution in [2.75, 3.05) is 26.2 Å². The highest BCUT2D eigenvalue weighted by atomic mass is 16.6. The van der Waals surface area contributed by atoms with Crippen LogP contribution in [0.25, 0.3) is 0 Å². The molecule has 0 aliphatic rings. The average molecular weight is 308 g/mol. The Balaban J connectivity index is 2.88. The Labute approximate surface area is 130 Å². The topological polar surface area (TPSA) is 114 Å². The first kappa shape index (κ1) is 17.9. The molecule has 0 atom stereocenters. The van der Waals surface area contributed by atoms with E-state index in [-0.39, 0.29) is 5.69 Å². The summed E-state index contributed by atoms with van der Waals surface area (Å²) in [6.45, 7) is 9.07. The van der Waals surface area contributed by atoms with Gasteiger partial charge in [0.1, 0.15) is 0 Å². The molecule has 0 aliphatic carbocycles. The lowest BCUT2D eigenvalue weighted by molar-refractivity contribution is -0.385. The number of aryl methyl sites for hydroxylation is 1. The molecule has 0 amide bonds. The molecular formula is C14H24N6O2. The molecule has 122 valence electrons. The maximum Gasteiger partial charge on any atom is 0.272 e. The van der Waals surface area contributed by atoms with Gasteiger partial charge < -0.3 is 10.7 Å². The van der Waals surface area contributed by atoms with Crippen molar-refractivity contribution in [3.63, 3.8) is 0 Å². The number of hydrazone groups is 1. The lowest BCUT2D eigenvalue weighted by Gasteiger charge is -2.24. The van der Waals surface area contributed by atoms with Crippen LogP contribution < -0.4 is 11.7 Å². The zero-order valence-corrected chi connectivity index (χ0v) is 13.3. The highest BCUT2D eigenvalue weighted by Crippen LogP contribution is 2.19. The van der Waals surface area contributed by atoms with Crippen LogP contribution in [0, 0.1) is 17.0 Å². The van der Waals surface area contributed by atoms with Crippen LogP contribution >= 0.6 is 0 Å². The van der Waals surface area contributed by atoms with Gasteiger partial charge in [0, 0.05) is 30.3 Å². The number of rotatable bonds is 7. The molecule has 0 saturated heterocycles. The molecule has 1 aromatic carbocycles. The van der Waals surface area contributed by atoms with E-state index in [1.165, 1.54) is 11.1 Å². The number of nitrogens with zero attached hydrogens (tertiary/aromatic N) is 4. The lowest BCUT2D eigenvalue weighted by atomic mass is 10.1. The molecule has 1 aromatic rings. The molecule has 22 heavy (non-hydrogen) atoms. The van der Waals surface area contributed by atoms with E-state index >= 15 is 0 Å². The van der Waals surface area contributed by atoms with Gasteiger partial charge in [0.25, 0.3) is 5.69 Å². The Kier molecular flexibility index (Phi) is 6.74. The Morgan fingerprint density at radius 2 is 1.95 bits per heavy atom. The summed E-state index contributed by atoms with van der Waals surface area (Å²) in [4.78, 5) is 12.7. The molecule has 0 unspecified atom stereocenters. The fraction of sp³-hybridized carbons (Fsp3) is 0.500. The zero-order chi connectivity index (χ0) is 16.7. The quantitative estimate of drug-likeness (QED) is 0.256. The van der Waals surface area contributed by atoms with Crippen LogP contribution in [0.1, 0.15) is 25.0 Å². The third-order valence-electron chi connectivity index (χ3n) is 3.60. The fourth-order valence-corrected chi connectivity index (χ4v) is 2.21. The monoisotopic (exact) mass is 308 g/mol. The van der Waals surface area contributed by atoms with Crippen molar-refractivity contribution in [2.45, 2.75) is 20.8 Å². The van der Waals surface area contributed by atoms with E-state index in [0.717, 1.165) is 19.6 Å². The summed E-state index contributed by atoms with van der Waals surface area (Å²) in [7, 11) is 0. The minimum atomic E-state index is -0.418. The molecule has 0 spiro atoms. The van der Waals surface area contributed by atoms with Gasteiger partial charge in [-0.25, -0.2) is 5.84 Å². The van der Waals surface area contributed by atoms with Crippen molar-refractivity contribution < 1.29 is 4.92 Å². The van der Waals surface area contributed by atoms with E-state index in [4.69, 9.17) is 11.7 Å². The van der Waals surface area contributed by atoms with Crippen LogP contribution in [-0.2, 0) is 0 Å². The van der Waals surface area contributed by atoms with Crippen LogP contribution in [0.5, 0.6) is 0 Å². The van der Waals surface area contributed by atoms with Crippen molar-refractivity contribution in [1.82, 2.24) is 9.91 Å². The Morgan fingerprint density at radius 3 is 2.41 bits per heavy atom. The zero-order valence-electron chi connectivity index (χ0n) is 13.3. The van der Waals surface area contributed by atoms with Crippen LogP contribution in [0.4, 0.5) is 5.69 Å².